The van der Waals surface area contributed by atoms with Crippen molar-refractivity contribution in [1.29, 1.82) is 5.26 Å². The van der Waals surface area contributed by atoms with Gasteiger partial charge in [0.2, 0.25) is 10.0 Å². The molecule has 6 heteroatoms. The normalized spacial score (nSPS) is 11.4. The van der Waals surface area contributed by atoms with E-state index in [4.69, 9.17) is 5.26 Å². The fraction of sp³-hybridized carbons (Fsp3) is 0.182. The number of nitrogens with one attached hydrogen (secondary N) is 1. The predicted octanol–water partition coefficient (Wildman–Crippen LogP) is 1.44. The van der Waals surface area contributed by atoms with E-state index in [0.29, 0.717) is 16.8 Å². The van der Waals surface area contributed by atoms with Gasteiger partial charge in [0.25, 0.3) is 0 Å². The summed E-state index contributed by atoms with van der Waals surface area (Å²) in [6.45, 7) is 0. The van der Waals surface area contributed by atoms with Crippen molar-refractivity contribution in [2.24, 2.45) is 0 Å². The van der Waals surface area contributed by atoms with E-state index < -0.39 is 10.0 Å². The van der Waals surface area contributed by atoms with Gasteiger partial charge in [0.05, 0.1) is 29.1 Å². The van der Waals surface area contributed by atoms with Crippen molar-refractivity contribution in [3.05, 3.63) is 30.0 Å². The standard InChI is InChI=1S/C11H11N3O2S/c1-14(17(2,15)16)10-6-8(7-12)5-9-3-4-13-11(9)10/h3-6,13H,1-2H3. The number of sulfonamides is 1. The number of hydrogen-bond acceptors (Lipinski definition) is 3. The van der Waals surface area contributed by atoms with Gasteiger partial charge in [0.1, 0.15) is 0 Å². The molecule has 1 N–H and O–H groups in total. The molecular weight excluding hydrogens is 238 g/mol. The zero-order valence-corrected chi connectivity index (χ0v) is 10.2. The molecule has 0 amide bonds. The first-order valence-electron chi connectivity index (χ1n) is 4.88. The van der Waals surface area contributed by atoms with Crippen LogP contribution in [0, 0.1) is 11.3 Å². The predicted molar refractivity (Wildman–Crippen MR) is 66.3 cm³/mol. The van der Waals surface area contributed by atoms with Gasteiger partial charge >= 0.3 is 0 Å². The van der Waals surface area contributed by atoms with E-state index >= 15 is 0 Å². The van der Waals surface area contributed by atoms with E-state index in [2.05, 4.69) is 4.98 Å². The SMILES string of the molecule is CN(c1cc(C#N)cc2cc[nH]c12)S(C)(=O)=O. The van der Waals surface area contributed by atoms with Crippen LogP contribution in [0.15, 0.2) is 24.4 Å². The summed E-state index contributed by atoms with van der Waals surface area (Å²) in [5.41, 5.74) is 1.62. The van der Waals surface area contributed by atoms with Crippen molar-refractivity contribution in [3.63, 3.8) is 0 Å². The number of fused-ring (bicyclic) bond motifs is 1. The molecule has 0 aliphatic heterocycles. The molecule has 5 nitrogen and oxygen atoms in total. The highest BCUT2D eigenvalue weighted by molar-refractivity contribution is 7.92. The summed E-state index contributed by atoms with van der Waals surface area (Å²) in [6.07, 6.45) is 2.84. The third kappa shape index (κ3) is 1.97. The molecule has 0 saturated heterocycles. The lowest BCUT2D eigenvalue weighted by Crippen LogP contribution is -2.25. The van der Waals surface area contributed by atoms with Crippen LogP contribution in [0.4, 0.5) is 5.69 Å². The molecule has 0 radical (unpaired) electrons. The van der Waals surface area contributed by atoms with Gasteiger partial charge in [-0.25, -0.2) is 8.42 Å². The number of nitriles is 1. The smallest absolute Gasteiger partial charge is 0.232 e. The van der Waals surface area contributed by atoms with Crippen molar-refractivity contribution in [3.8, 4) is 6.07 Å². The maximum atomic E-state index is 11.5. The minimum Gasteiger partial charge on any atom is -0.359 e. The molecule has 0 saturated carbocycles. The molecule has 0 aliphatic rings. The van der Waals surface area contributed by atoms with E-state index in [1.807, 2.05) is 6.07 Å². The highest BCUT2D eigenvalue weighted by Gasteiger charge is 2.16. The number of H-pyrrole nitrogens is 1. The minimum atomic E-state index is -3.35. The number of rotatable bonds is 2. The van der Waals surface area contributed by atoms with Gasteiger partial charge in [-0.2, -0.15) is 5.26 Å². The monoisotopic (exact) mass is 249 g/mol. The van der Waals surface area contributed by atoms with E-state index in [9.17, 15) is 8.42 Å². The topological polar surface area (TPSA) is 77.0 Å². The lowest BCUT2D eigenvalue weighted by molar-refractivity contribution is 0.600. The largest absolute Gasteiger partial charge is 0.359 e. The summed E-state index contributed by atoms with van der Waals surface area (Å²) in [4.78, 5) is 2.98. The molecule has 0 atom stereocenters. The fourth-order valence-corrected chi connectivity index (χ4v) is 2.15. The number of hydrogen-bond donors (Lipinski definition) is 1. The van der Waals surface area contributed by atoms with Crippen molar-refractivity contribution in [1.82, 2.24) is 4.98 Å². The highest BCUT2D eigenvalue weighted by atomic mass is 32.2. The Morgan fingerprint density at radius 1 is 1.41 bits per heavy atom. The third-order valence-corrected chi connectivity index (χ3v) is 3.80. The van der Waals surface area contributed by atoms with Crippen LogP contribution in [0.2, 0.25) is 0 Å². The first-order valence-corrected chi connectivity index (χ1v) is 6.73. The Hall–Kier alpha value is -2.00. The zero-order chi connectivity index (χ0) is 12.6. The molecule has 0 unspecified atom stereocenters. The van der Waals surface area contributed by atoms with Crippen LogP contribution in [-0.2, 0) is 10.0 Å². The molecule has 2 rings (SSSR count). The lowest BCUT2D eigenvalue weighted by Gasteiger charge is -2.17. The molecular formula is C11H11N3O2S. The third-order valence-electron chi connectivity index (χ3n) is 2.60. The minimum absolute atomic E-state index is 0.433. The van der Waals surface area contributed by atoms with Gasteiger partial charge in [-0.15, -0.1) is 0 Å². The molecule has 1 aromatic carbocycles. The molecule has 2 aromatic rings. The van der Waals surface area contributed by atoms with Gasteiger partial charge in [-0.3, -0.25) is 4.31 Å². The Kier molecular flexibility index (Phi) is 2.56. The van der Waals surface area contributed by atoms with Gasteiger partial charge in [0.15, 0.2) is 0 Å². The van der Waals surface area contributed by atoms with Crippen LogP contribution in [-0.4, -0.2) is 26.7 Å². The van der Waals surface area contributed by atoms with Crippen LogP contribution in [0.1, 0.15) is 5.56 Å². The number of benzene rings is 1. The summed E-state index contributed by atoms with van der Waals surface area (Å²) in [5.74, 6) is 0. The second-order valence-corrected chi connectivity index (χ2v) is 5.79. The van der Waals surface area contributed by atoms with Gasteiger partial charge < -0.3 is 4.98 Å². The van der Waals surface area contributed by atoms with Crippen molar-refractivity contribution in [2.75, 3.05) is 17.6 Å². The second kappa shape index (κ2) is 3.79. The molecule has 0 fully saturated rings. The molecule has 1 heterocycles. The Morgan fingerprint density at radius 2 is 2.12 bits per heavy atom. The quantitative estimate of drug-likeness (QED) is 0.874. The second-order valence-electron chi connectivity index (χ2n) is 3.78. The van der Waals surface area contributed by atoms with Crippen LogP contribution in [0.3, 0.4) is 0 Å². The van der Waals surface area contributed by atoms with Gasteiger partial charge in [-0.1, -0.05) is 0 Å². The average Bonchev–Trinajstić information content (AvgIpc) is 2.73. The number of anilines is 1. The Balaban J connectivity index is 2.76. The molecule has 0 aliphatic carbocycles. The van der Waals surface area contributed by atoms with Crippen molar-refractivity contribution >= 4 is 26.6 Å². The Morgan fingerprint density at radius 3 is 2.71 bits per heavy atom. The molecule has 0 spiro atoms. The summed E-state index contributed by atoms with van der Waals surface area (Å²) < 4.78 is 24.2. The first kappa shape index (κ1) is 11.5. The summed E-state index contributed by atoms with van der Waals surface area (Å²) in [5, 5.41) is 9.73. The van der Waals surface area contributed by atoms with E-state index in [0.717, 1.165) is 15.9 Å². The molecule has 1 aromatic heterocycles. The van der Waals surface area contributed by atoms with E-state index in [1.165, 1.54) is 7.05 Å². The van der Waals surface area contributed by atoms with Crippen molar-refractivity contribution < 1.29 is 8.42 Å². The Bertz CT molecular complexity index is 710. The van der Waals surface area contributed by atoms with Crippen LogP contribution in [0.5, 0.6) is 0 Å². The highest BCUT2D eigenvalue weighted by Crippen LogP contribution is 2.28. The van der Waals surface area contributed by atoms with Crippen LogP contribution in [0.25, 0.3) is 10.9 Å². The van der Waals surface area contributed by atoms with E-state index in [-0.39, 0.29) is 0 Å². The van der Waals surface area contributed by atoms with Crippen LogP contribution >= 0.6 is 0 Å². The average molecular weight is 249 g/mol. The summed E-state index contributed by atoms with van der Waals surface area (Å²) in [6, 6.07) is 7.09. The van der Waals surface area contributed by atoms with Crippen molar-refractivity contribution in [2.45, 2.75) is 0 Å². The number of aromatic nitrogens is 1. The number of aromatic amines is 1. The lowest BCUT2D eigenvalue weighted by atomic mass is 10.1. The molecule has 17 heavy (non-hydrogen) atoms. The first-order chi connectivity index (χ1) is 7.93. The summed E-state index contributed by atoms with van der Waals surface area (Å²) >= 11 is 0. The van der Waals surface area contributed by atoms with E-state index in [1.54, 1.807) is 24.4 Å². The maximum absolute atomic E-state index is 11.5. The maximum Gasteiger partial charge on any atom is 0.232 e. The summed E-state index contributed by atoms with van der Waals surface area (Å²) in [7, 11) is -1.88. The fourth-order valence-electron chi connectivity index (χ4n) is 1.64. The zero-order valence-electron chi connectivity index (χ0n) is 9.43. The van der Waals surface area contributed by atoms with Gasteiger partial charge in [0, 0.05) is 18.6 Å². The Labute approximate surface area is 99.3 Å². The van der Waals surface area contributed by atoms with Crippen LogP contribution < -0.4 is 4.31 Å². The van der Waals surface area contributed by atoms with Gasteiger partial charge in [-0.05, 0) is 18.2 Å². The molecule has 0 bridgehead atoms. The molecule has 88 valence electrons. The number of nitrogens with zero attached hydrogens (tertiary/aromatic N) is 2.